The van der Waals surface area contributed by atoms with Crippen LogP contribution in [0.2, 0.25) is 0 Å². The van der Waals surface area contributed by atoms with Crippen LogP contribution in [0.5, 0.6) is 0 Å². The lowest BCUT2D eigenvalue weighted by Gasteiger charge is -2.32. The molecule has 2 rings (SSSR count). The van der Waals surface area contributed by atoms with E-state index in [-0.39, 0.29) is 18.3 Å². The van der Waals surface area contributed by atoms with E-state index < -0.39 is 0 Å². The predicted octanol–water partition coefficient (Wildman–Crippen LogP) is 0.300. The van der Waals surface area contributed by atoms with Gasteiger partial charge in [-0.3, -0.25) is 9.48 Å². The van der Waals surface area contributed by atoms with Crippen LogP contribution in [-0.2, 0) is 11.3 Å². The highest BCUT2D eigenvalue weighted by Gasteiger charge is 2.22. The van der Waals surface area contributed by atoms with Crippen LogP contribution in [0.3, 0.4) is 0 Å². The molecule has 1 fully saturated rings. The first-order valence-electron chi connectivity index (χ1n) is 6.08. The van der Waals surface area contributed by atoms with Gasteiger partial charge in [0.1, 0.15) is 0 Å². The SMILES string of the molecule is CNC1CCCN(C(=O)CCn2ccnn2)C1.Cl. The quantitative estimate of drug-likeness (QED) is 0.857. The minimum Gasteiger partial charge on any atom is -0.341 e. The molecular weight excluding hydrogens is 254 g/mol. The molecule has 0 spiro atoms. The summed E-state index contributed by atoms with van der Waals surface area (Å²) in [5.74, 6) is 0.209. The van der Waals surface area contributed by atoms with E-state index >= 15 is 0 Å². The maximum Gasteiger partial charge on any atom is 0.224 e. The normalized spacial score (nSPS) is 19.4. The number of hydrogen-bond donors (Lipinski definition) is 1. The Balaban J connectivity index is 0.00000162. The van der Waals surface area contributed by atoms with E-state index in [4.69, 9.17) is 0 Å². The van der Waals surface area contributed by atoms with Crippen molar-refractivity contribution in [2.45, 2.75) is 31.8 Å². The van der Waals surface area contributed by atoms with Gasteiger partial charge in [0.05, 0.1) is 12.7 Å². The van der Waals surface area contributed by atoms with Crippen molar-refractivity contribution in [3.05, 3.63) is 12.4 Å². The van der Waals surface area contributed by atoms with Crippen LogP contribution < -0.4 is 5.32 Å². The van der Waals surface area contributed by atoms with Gasteiger partial charge in [-0.05, 0) is 19.9 Å². The molecule has 0 aliphatic carbocycles. The number of hydrogen-bond acceptors (Lipinski definition) is 4. The Hall–Kier alpha value is -1.14. The van der Waals surface area contributed by atoms with Crippen molar-refractivity contribution in [1.82, 2.24) is 25.2 Å². The van der Waals surface area contributed by atoms with Gasteiger partial charge in [0.2, 0.25) is 5.91 Å². The van der Waals surface area contributed by atoms with Crippen molar-refractivity contribution < 1.29 is 4.79 Å². The number of nitrogens with one attached hydrogen (secondary N) is 1. The summed E-state index contributed by atoms with van der Waals surface area (Å²) in [6.07, 6.45) is 6.14. The lowest BCUT2D eigenvalue weighted by molar-refractivity contribution is -0.132. The molecule has 1 saturated heterocycles. The number of aromatic nitrogens is 3. The predicted molar refractivity (Wildman–Crippen MR) is 70.5 cm³/mol. The highest BCUT2D eigenvalue weighted by atomic mass is 35.5. The number of likely N-dealkylation sites (N-methyl/N-ethyl adjacent to an activating group) is 1. The van der Waals surface area contributed by atoms with E-state index in [2.05, 4.69) is 15.6 Å². The molecule has 0 saturated carbocycles. The van der Waals surface area contributed by atoms with Gasteiger partial charge in [0.15, 0.2) is 0 Å². The summed E-state index contributed by atoms with van der Waals surface area (Å²) in [6.45, 7) is 2.32. The van der Waals surface area contributed by atoms with E-state index in [0.717, 1.165) is 25.9 Å². The number of likely N-dealkylation sites (tertiary alicyclic amines) is 1. The second-order valence-corrected chi connectivity index (χ2v) is 4.38. The maximum atomic E-state index is 12.0. The molecule has 0 aromatic carbocycles. The van der Waals surface area contributed by atoms with Crippen molar-refractivity contribution in [2.75, 3.05) is 20.1 Å². The Labute approximate surface area is 113 Å². The highest BCUT2D eigenvalue weighted by Crippen LogP contribution is 2.11. The topological polar surface area (TPSA) is 63.1 Å². The number of nitrogens with zero attached hydrogens (tertiary/aromatic N) is 4. The smallest absolute Gasteiger partial charge is 0.224 e. The van der Waals surface area contributed by atoms with Crippen molar-refractivity contribution >= 4 is 18.3 Å². The molecule has 18 heavy (non-hydrogen) atoms. The number of halogens is 1. The van der Waals surface area contributed by atoms with Gasteiger partial charge in [0, 0.05) is 31.7 Å². The van der Waals surface area contributed by atoms with E-state index in [9.17, 15) is 4.79 Å². The summed E-state index contributed by atoms with van der Waals surface area (Å²) in [7, 11) is 1.95. The van der Waals surface area contributed by atoms with Crippen LogP contribution in [0.25, 0.3) is 0 Å². The molecule has 1 amide bonds. The summed E-state index contributed by atoms with van der Waals surface area (Å²) < 4.78 is 1.69. The van der Waals surface area contributed by atoms with Gasteiger partial charge in [-0.1, -0.05) is 5.21 Å². The molecule has 1 unspecified atom stereocenters. The van der Waals surface area contributed by atoms with Crippen LogP contribution in [0.4, 0.5) is 0 Å². The number of amides is 1. The maximum absolute atomic E-state index is 12.0. The van der Waals surface area contributed by atoms with E-state index in [1.54, 1.807) is 17.1 Å². The Morgan fingerprint density at radius 1 is 1.56 bits per heavy atom. The Bertz CT molecular complexity index is 356. The third-order valence-electron chi connectivity index (χ3n) is 3.21. The Morgan fingerprint density at radius 3 is 3.06 bits per heavy atom. The number of rotatable bonds is 4. The van der Waals surface area contributed by atoms with E-state index in [1.165, 1.54) is 0 Å². The van der Waals surface area contributed by atoms with Crippen LogP contribution in [-0.4, -0.2) is 52.0 Å². The van der Waals surface area contributed by atoms with Crippen molar-refractivity contribution in [3.8, 4) is 0 Å². The molecule has 6 nitrogen and oxygen atoms in total. The van der Waals surface area contributed by atoms with Gasteiger partial charge in [0.25, 0.3) is 0 Å². The van der Waals surface area contributed by atoms with Crippen LogP contribution >= 0.6 is 12.4 Å². The van der Waals surface area contributed by atoms with Gasteiger partial charge >= 0.3 is 0 Å². The molecule has 0 bridgehead atoms. The standard InChI is InChI=1S/C11H19N5O.ClH/c1-12-10-3-2-6-15(9-10)11(17)4-7-16-8-5-13-14-16;/h5,8,10,12H,2-4,6-7,9H2,1H3;1H. The lowest BCUT2D eigenvalue weighted by atomic mass is 10.1. The molecule has 0 radical (unpaired) electrons. The molecule has 1 atom stereocenters. The van der Waals surface area contributed by atoms with Crippen molar-refractivity contribution in [1.29, 1.82) is 0 Å². The fraction of sp³-hybridized carbons (Fsp3) is 0.727. The number of carbonyl (C=O) groups is 1. The molecular formula is C11H20ClN5O. The molecule has 7 heteroatoms. The third kappa shape index (κ3) is 3.96. The summed E-state index contributed by atoms with van der Waals surface area (Å²) in [5, 5.41) is 10.8. The van der Waals surface area contributed by atoms with Gasteiger partial charge < -0.3 is 10.2 Å². The van der Waals surface area contributed by atoms with Gasteiger partial charge in [-0.2, -0.15) is 0 Å². The first-order chi connectivity index (χ1) is 8.29. The zero-order valence-electron chi connectivity index (χ0n) is 10.6. The van der Waals surface area contributed by atoms with Gasteiger partial charge in [-0.15, -0.1) is 17.5 Å². The average Bonchev–Trinajstić information content (AvgIpc) is 2.89. The molecule has 1 aliphatic rings. The Kier molecular flexibility index (Phi) is 6.07. The molecule has 1 aromatic heterocycles. The first-order valence-corrected chi connectivity index (χ1v) is 6.08. The third-order valence-corrected chi connectivity index (χ3v) is 3.21. The summed E-state index contributed by atoms with van der Waals surface area (Å²) in [5.41, 5.74) is 0. The summed E-state index contributed by atoms with van der Waals surface area (Å²) in [6, 6.07) is 0.444. The molecule has 102 valence electrons. The lowest BCUT2D eigenvalue weighted by Crippen LogP contribution is -2.47. The zero-order valence-corrected chi connectivity index (χ0v) is 11.4. The van der Waals surface area contributed by atoms with Crippen molar-refractivity contribution in [2.24, 2.45) is 0 Å². The number of piperidine rings is 1. The van der Waals surface area contributed by atoms with E-state index in [1.807, 2.05) is 11.9 Å². The van der Waals surface area contributed by atoms with Crippen molar-refractivity contribution in [3.63, 3.8) is 0 Å². The van der Waals surface area contributed by atoms with Crippen LogP contribution in [0.1, 0.15) is 19.3 Å². The number of carbonyl (C=O) groups excluding carboxylic acids is 1. The minimum atomic E-state index is 0. The zero-order chi connectivity index (χ0) is 12.1. The molecule has 1 aromatic rings. The molecule has 1 aliphatic heterocycles. The first kappa shape index (κ1) is 14.9. The largest absolute Gasteiger partial charge is 0.341 e. The molecule has 1 N–H and O–H groups in total. The van der Waals surface area contributed by atoms with Crippen LogP contribution in [0.15, 0.2) is 12.4 Å². The minimum absolute atomic E-state index is 0. The van der Waals surface area contributed by atoms with E-state index in [0.29, 0.717) is 19.0 Å². The highest BCUT2D eigenvalue weighted by molar-refractivity contribution is 5.85. The average molecular weight is 274 g/mol. The molecule has 2 heterocycles. The van der Waals surface area contributed by atoms with Gasteiger partial charge in [-0.25, -0.2) is 0 Å². The summed E-state index contributed by atoms with van der Waals surface area (Å²) >= 11 is 0. The Morgan fingerprint density at radius 2 is 2.39 bits per heavy atom. The fourth-order valence-electron chi connectivity index (χ4n) is 2.16. The second-order valence-electron chi connectivity index (χ2n) is 4.38. The fourth-order valence-corrected chi connectivity index (χ4v) is 2.16. The summed E-state index contributed by atoms with van der Waals surface area (Å²) in [4.78, 5) is 13.9. The van der Waals surface area contributed by atoms with Crippen LogP contribution in [0, 0.1) is 0 Å². The number of aryl methyl sites for hydroxylation is 1. The monoisotopic (exact) mass is 273 g/mol. The second kappa shape index (κ2) is 7.33.